The van der Waals surface area contributed by atoms with E-state index in [-0.39, 0.29) is 5.56 Å². The predicted octanol–water partition coefficient (Wildman–Crippen LogP) is 3.83. The largest absolute Gasteiger partial charge is 0.482 e. The summed E-state index contributed by atoms with van der Waals surface area (Å²) in [5.74, 6) is -1.68. The Balaban J connectivity index is 2.02. The first-order chi connectivity index (χ1) is 11.9. The summed E-state index contributed by atoms with van der Waals surface area (Å²) >= 11 is 3.34. The summed E-state index contributed by atoms with van der Waals surface area (Å²) < 4.78 is 5.86. The zero-order valence-electron chi connectivity index (χ0n) is 12.8. The van der Waals surface area contributed by atoms with E-state index in [9.17, 15) is 14.7 Å². The third-order valence-electron chi connectivity index (χ3n) is 3.51. The van der Waals surface area contributed by atoms with Crippen LogP contribution in [0.4, 0.5) is 0 Å². The number of carboxylic acids is 2. The van der Waals surface area contributed by atoms with Gasteiger partial charge < -0.3 is 14.9 Å². The molecule has 0 bridgehead atoms. The Kier molecular flexibility index (Phi) is 4.67. The average molecular weight is 402 g/mol. The zero-order valence-corrected chi connectivity index (χ0v) is 14.4. The summed E-state index contributed by atoms with van der Waals surface area (Å²) in [6, 6.07) is 13.4. The van der Waals surface area contributed by atoms with Gasteiger partial charge in [-0.1, -0.05) is 15.9 Å². The summed E-state index contributed by atoms with van der Waals surface area (Å²) in [4.78, 5) is 26.6. The maximum absolute atomic E-state index is 11.6. The molecule has 0 aliphatic rings. The highest BCUT2D eigenvalue weighted by Gasteiger charge is 2.13. The lowest BCUT2D eigenvalue weighted by atomic mass is 10.0. The zero-order chi connectivity index (χ0) is 18.0. The van der Waals surface area contributed by atoms with E-state index in [1.165, 1.54) is 6.07 Å². The van der Waals surface area contributed by atoms with Crippen molar-refractivity contribution < 1.29 is 24.5 Å². The van der Waals surface area contributed by atoms with Gasteiger partial charge >= 0.3 is 11.9 Å². The SMILES string of the molecule is O=C(O)COc1ccc(-c2cc(C(=O)O)c3cc(Br)ccc3n2)cc1. The van der Waals surface area contributed by atoms with Crippen LogP contribution in [0.1, 0.15) is 10.4 Å². The van der Waals surface area contributed by atoms with Gasteiger partial charge in [0.2, 0.25) is 0 Å². The fraction of sp³-hybridized carbons (Fsp3) is 0.0556. The molecular formula is C18H12BrNO5. The van der Waals surface area contributed by atoms with Crippen LogP contribution in [0.15, 0.2) is 53.0 Å². The molecule has 0 aliphatic heterocycles. The topological polar surface area (TPSA) is 96.7 Å². The van der Waals surface area contributed by atoms with Gasteiger partial charge in [0.15, 0.2) is 6.61 Å². The minimum absolute atomic E-state index is 0.160. The number of pyridine rings is 1. The molecule has 2 aromatic carbocycles. The third kappa shape index (κ3) is 3.77. The molecule has 126 valence electrons. The second kappa shape index (κ2) is 6.90. The molecule has 0 saturated heterocycles. The number of rotatable bonds is 5. The first kappa shape index (κ1) is 16.9. The molecule has 0 saturated carbocycles. The van der Waals surface area contributed by atoms with Gasteiger partial charge in [-0.15, -0.1) is 0 Å². The van der Waals surface area contributed by atoms with Crippen molar-refractivity contribution >= 4 is 38.8 Å². The number of halogens is 1. The van der Waals surface area contributed by atoms with Crippen molar-refractivity contribution in [2.75, 3.05) is 6.61 Å². The molecule has 0 aliphatic carbocycles. The van der Waals surface area contributed by atoms with Crippen molar-refractivity contribution in [3.63, 3.8) is 0 Å². The summed E-state index contributed by atoms with van der Waals surface area (Å²) in [5.41, 5.74) is 1.95. The molecule has 0 radical (unpaired) electrons. The Bertz CT molecular complexity index is 969. The molecule has 0 unspecified atom stereocenters. The van der Waals surface area contributed by atoms with Gasteiger partial charge in [0.05, 0.1) is 16.8 Å². The Morgan fingerprint density at radius 2 is 1.76 bits per heavy atom. The van der Waals surface area contributed by atoms with E-state index in [4.69, 9.17) is 9.84 Å². The summed E-state index contributed by atoms with van der Waals surface area (Å²) in [5, 5.41) is 18.7. The van der Waals surface area contributed by atoms with E-state index in [0.717, 1.165) is 4.47 Å². The van der Waals surface area contributed by atoms with Crippen LogP contribution in [0.2, 0.25) is 0 Å². The number of carbonyl (C=O) groups is 2. The molecule has 2 N–H and O–H groups in total. The lowest BCUT2D eigenvalue weighted by molar-refractivity contribution is -0.139. The van der Waals surface area contributed by atoms with Gasteiger partial charge in [0, 0.05) is 15.4 Å². The van der Waals surface area contributed by atoms with Crippen LogP contribution < -0.4 is 4.74 Å². The first-order valence-electron chi connectivity index (χ1n) is 7.22. The Morgan fingerprint density at radius 1 is 1.04 bits per heavy atom. The van der Waals surface area contributed by atoms with Crippen molar-refractivity contribution in [3.05, 3.63) is 58.6 Å². The van der Waals surface area contributed by atoms with Crippen LogP contribution >= 0.6 is 15.9 Å². The first-order valence-corrected chi connectivity index (χ1v) is 8.02. The highest BCUT2D eigenvalue weighted by Crippen LogP contribution is 2.28. The minimum atomic E-state index is -1.06. The van der Waals surface area contributed by atoms with Crippen molar-refractivity contribution in [2.24, 2.45) is 0 Å². The van der Waals surface area contributed by atoms with Crippen LogP contribution in [0.25, 0.3) is 22.2 Å². The quantitative estimate of drug-likeness (QED) is 0.674. The molecule has 0 amide bonds. The van der Waals surface area contributed by atoms with Crippen LogP contribution in [-0.4, -0.2) is 33.7 Å². The number of hydrogen-bond donors (Lipinski definition) is 2. The van der Waals surface area contributed by atoms with Gasteiger partial charge in [-0.3, -0.25) is 0 Å². The highest BCUT2D eigenvalue weighted by molar-refractivity contribution is 9.10. The molecule has 7 heteroatoms. The van der Waals surface area contributed by atoms with Crippen LogP contribution in [0, 0.1) is 0 Å². The van der Waals surface area contributed by atoms with E-state index in [1.807, 2.05) is 0 Å². The molecule has 3 aromatic rings. The smallest absolute Gasteiger partial charge is 0.341 e. The number of aromatic carboxylic acids is 1. The van der Waals surface area contributed by atoms with Crippen LogP contribution in [0.5, 0.6) is 5.75 Å². The molecule has 0 atom stereocenters. The van der Waals surface area contributed by atoms with E-state index < -0.39 is 18.5 Å². The fourth-order valence-electron chi connectivity index (χ4n) is 2.39. The second-order valence-electron chi connectivity index (χ2n) is 5.23. The molecular weight excluding hydrogens is 390 g/mol. The third-order valence-corrected chi connectivity index (χ3v) is 4.01. The molecule has 6 nitrogen and oxygen atoms in total. The number of hydrogen-bond acceptors (Lipinski definition) is 4. The maximum Gasteiger partial charge on any atom is 0.341 e. The van der Waals surface area contributed by atoms with Crippen LogP contribution in [0.3, 0.4) is 0 Å². The van der Waals surface area contributed by atoms with E-state index >= 15 is 0 Å². The van der Waals surface area contributed by atoms with Gasteiger partial charge in [-0.05, 0) is 48.5 Å². The number of aromatic nitrogens is 1. The van der Waals surface area contributed by atoms with Crippen molar-refractivity contribution in [2.45, 2.75) is 0 Å². The molecule has 1 aromatic heterocycles. The van der Waals surface area contributed by atoms with E-state index in [0.29, 0.717) is 27.9 Å². The summed E-state index contributed by atoms with van der Waals surface area (Å²) in [6.45, 7) is -0.425. The van der Waals surface area contributed by atoms with Crippen molar-refractivity contribution in [3.8, 4) is 17.0 Å². The molecule has 0 spiro atoms. The Morgan fingerprint density at radius 3 is 2.40 bits per heavy atom. The van der Waals surface area contributed by atoms with Crippen molar-refractivity contribution in [1.29, 1.82) is 0 Å². The standard InChI is InChI=1S/C18H12BrNO5/c19-11-3-6-15-13(7-11)14(18(23)24)8-16(20-15)10-1-4-12(5-2-10)25-9-17(21)22/h1-8H,9H2,(H,21,22)(H,23,24). The van der Waals surface area contributed by atoms with Crippen molar-refractivity contribution in [1.82, 2.24) is 4.98 Å². The van der Waals surface area contributed by atoms with Gasteiger partial charge in [0.25, 0.3) is 0 Å². The molecule has 0 fully saturated rings. The van der Waals surface area contributed by atoms with E-state index in [2.05, 4.69) is 20.9 Å². The Labute approximate surface area is 150 Å². The minimum Gasteiger partial charge on any atom is -0.482 e. The molecule has 3 rings (SSSR count). The number of aliphatic carboxylic acids is 1. The predicted molar refractivity (Wildman–Crippen MR) is 95.0 cm³/mol. The number of nitrogens with zero attached hydrogens (tertiary/aromatic N) is 1. The number of carboxylic acid groups (broad SMARTS) is 2. The molecule has 25 heavy (non-hydrogen) atoms. The van der Waals surface area contributed by atoms with E-state index in [1.54, 1.807) is 42.5 Å². The Hall–Kier alpha value is -2.93. The summed E-state index contributed by atoms with van der Waals surface area (Å²) in [6.07, 6.45) is 0. The lowest BCUT2D eigenvalue weighted by Gasteiger charge is -2.09. The van der Waals surface area contributed by atoms with Gasteiger partial charge in [-0.25, -0.2) is 14.6 Å². The lowest BCUT2D eigenvalue weighted by Crippen LogP contribution is -2.09. The number of fused-ring (bicyclic) bond motifs is 1. The number of benzene rings is 2. The van der Waals surface area contributed by atoms with Gasteiger partial charge in [-0.2, -0.15) is 0 Å². The maximum atomic E-state index is 11.6. The highest BCUT2D eigenvalue weighted by atomic mass is 79.9. The molecule has 1 heterocycles. The van der Waals surface area contributed by atoms with Gasteiger partial charge in [0.1, 0.15) is 5.75 Å². The fourth-order valence-corrected chi connectivity index (χ4v) is 2.75. The van der Waals surface area contributed by atoms with Crippen LogP contribution in [-0.2, 0) is 4.79 Å². The summed E-state index contributed by atoms with van der Waals surface area (Å²) in [7, 11) is 0. The average Bonchev–Trinajstić information content (AvgIpc) is 2.59. The second-order valence-corrected chi connectivity index (χ2v) is 6.14. The number of ether oxygens (including phenoxy) is 1. The normalized spacial score (nSPS) is 10.6. The monoisotopic (exact) mass is 401 g/mol.